The maximum atomic E-state index is 13.6. The number of nitrogens with zero attached hydrogens (tertiary/aromatic N) is 4. The van der Waals surface area contributed by atoms with Crippen LogP contribution in [0.15, 0.2) is 30.3 Å². The second kappa shape index (κ2) is 9.26. The molecule has 2 aromatic rings. The predicted octanol–water partition coefficient (Wildman–Crippen LogP) is 4.89. The van der Waals surface area contributed by atoms with E-state index in [2.05, 4.69) is 9.88 Å². The lowest BCUT2D eigenvalue weighted by atomic mass is 9.89. The summed E-state index contributed by atoms with van der Waals surface area (Å²) in [5.41, 5.74) is 0.0496. The van der Waals surface area contributed by atoms with Crippen molar-refractivity contribution < 1.29 is 23.4 Å². The van der Waals surface area contributed by atoms with Crippen molar-refractivity contribution in [3.63, 3.8) is 0 Å². The minimum absolute atomic E-state index is 0.290. The Morgan fingerprint density at radius 2 is 1.91 bits per heavy atom. The van der Waals surface area contributed by atoms with E-state index in [1.165, 1.54) is 12.1 Å². The van der Waals surface area contributed by atoms with E-state index in [-0.39, 0.29) is 17.5 Å². The van der Waals surface area contributed by atoms with Crippen LogP contribution in [0.3, 0.4) is 0 Å². The van der Waals surface area contributed by atoms with Crippen LogP contribution in [0.2, 0.25) is 0 Å². The van der Waals surface area contributed by atoms with Gasteiger partial charge in [0, 0.05) is 37.7 Å². The molecular formula is C26H33FN4O4. The molecule has 0 bridgehead atoms. The molecule has 0 atom stereocenters. The molecule has 3 aliphatic rings. The van der Waals surface area contributed by atoms with Gasteiger partial charge in [0.1, 0.15) is 17.2 Å². The van der Waals surface area contributed by atoms with Crippen molar-refractivity contribution in [3.8, 4) is 11.6 Å². The van der Waals surface area contributed by atoms with Gasteiger partial charge in [0.25, 0.3) is 0 Å². The number of hydrogen-bond donors (Lipinski definition) is 0. The Morgan fingerprint density at radius 3 is 2.60 bits per heavy atom. The number of carbonyl (C=O) groups is 1. The van der Waals surface area contributed by atoms with E-state index in [4.69, 9.17) is 19.2 Å². The lowest BCUT2D eigenvalue weighted by molar-refractivity contribution is -0.119. The monoisotopic (exact) mass is 484 g/mol. The topological polar surface area (TPSA) is 77.0 Å². The first-order valence-corrected chi connectivity index (χ1v) is 12.4. The first-order chi connectivity index (χ1) is 16.7. The molecule has 1 aromatic heterocycles. The number of carbonyl (C=O) groups excluding carboxylic acids is 1. The second-order valence-corrected chi connectivity index (χ2v) is 10.7. The molecule has 0 unspecified atom stereocenters. The molecule has 2 aliphatic heterocycles. The highest BCUT2D eigenvalue weighted by Crippen LogP contribution is 2.41. The molecule has 188 valence electrons. The standard InChI is InChI=1S/C26H33FN4O4/c1-25(2,3)35-24(32)31-13-14-33-26(17-31)9-11-30(12-10-26)23-28-21(18-7-8-18)16-22(29-23)34-20-6-4-5-19(27)15-20/h4-6,15-16,18H,7-14,17H2,1-3H3. The van der Waals surface area contributed by atoms with E-state index in [0.29, 0.717) is 56.3 Å². The molecule has 3 fully saturated rings. The van der Waals surface area contributed by atoms with E-state index < -0.39 is 5.60 Å². The molecule has 9 heteroatoms. The minimum Gasteiger partial charge on any atom is -0.444 e. The maximum Gasteiger partial charge on any atom is 0.410 e. The third-order valence-electron chi connectivity index (χ3n) is 6.58. The van der Waals surface area contributed by atoms with Crippen molar-refractivity contribution in [2.45, 2.75) is 63.6 Å². The van der Waals surface area contributed by atoms with Gasteiger partial charge in [0.05, 0.1) is 24.4 Å². The quantitative estimate of drug-likeness (QED) is 0.611. The molecule has 1 amide bonds. The zero-order valence-corrected chi connectivity index (χ0v) is 20.6. The van der Waals surface area contributed by atoms with E-state index in [9.17, 15) is 9.18 Å². The van der Waals surface area contributed by atoms with Gasteiger partial charge >= 0.3 is 6.09 Å². The molecule has 0 radical (unpaired) electrons. The van der Waals surface area contributed by atoms with Gasteiger partial charge in [-0.05, 0) is 58.6 Å². The van der Waals surface area contributed by atoms with Gasteiger partial charge in [-0.2, -0.15) is 4.98 Å². The van der Waals surface area contributed by atoms with Crippen molar-refractivity contribution in [2.24, 2.45) is 0 Å². The highest BCUT2D eigenvalue weighted by molar-refractivity contribution is 5.68. The van der Waals surface area contributed by atoms with Crippen LogP contribution in [-0.4, -0.2) is 64.9 Å². The molecule has 5 rings (SSSR count). The number of benzene rings is 1. The first kappa shape index (κ1) is 23.8. The lowest BCUT2D eigenvalue weighted by Gasteiger charge is -2.47. The Hall–Kier alpha value is -2.94. The van der Waals surface area contributed by atoms with E-state index in [1.54, 1.807) is 17.0 Å². The van der Waals surface area contributed by atoms with Crippen LogP contribution >= 0.6 is 0 Å². The number of piperidine rings is 1. The fourth-order valence-corrected chi connectivity index (χ4v) is 4.61. The number of halogens is 1. The molecular weight excluding hydrogens is 451 g/mol. The maximum absolute atomic E-state index is 13.6. The molecule has 1 aliphatic carbocycles. The van der Waals surface area contributed by atoms with Gasteiger partial charge in [-0.1, -0.05) is 6.07 Å². The van der Waals surface area contributed by atoms with Crippen LogP contribution in [-0.2, 0) is 9.47 Å². The number of morpholine rings is 1. The third-order valence-corrected chi connectivity index (χ3v) is 6.58. The van der Waals surface area contributed by atoms with E-state index in [0.717, 1.165) is 31.4 Å². The summed E-state index contributed by atoms with van der Waals surface area (Å²) in [5.74, 6) is 1.52. The molecule has 0 N–H and O–H groups in total. The predicted molar refractivity (Wildman–Crippen MR) is 128 cm³/mol. The number of ether oxygens (including phenoxy) is 3. The average Bonchev–Trinajstić information content (AvgIpc) is 3.64. The van der Waals surface area contributed by atoms with Gasteiger partial charge in [-0.25, -0.2) is 14.2 Å². The van der Waals surface area contributed by atoms with Gasteiger partial charge in [0.2, 0.25) is 11.8 Å². The summed E-state index contributed by atoms with van der Waals surface area (Å²) in [6.45, 7) is 8.59. The summed E-state index contributed by atoms with van der Waals surface area (Å²) >= 11 is 0. The average molecular weight is 485 g/mol. The second-order valence-electron chi connectivity index (χ2n) is 10.7. The largest absolute Gasteiger partial charge is 0.444 e. The normalized spacial score (nSPS) is 20.1. The molecule has 35 heavy (non-hydrogen) atoms. The molecule has 2 saturated heterocycles. The van der Waals surface area contributed by atoms with Crippen molar-refractivity contribution in [2.75, 3.05) is 37.7 Å². The summed E-state index contributed by atoms with van der Waals surface area (Å²) < 4.78 is 31.3. The Balaban J connectivity index is 1.28. The fraction of sp³-hybridized carbons (Fsp3) is 0.577. The summed E-state index contributed by atoms with van der Waals surface area (Å²) in [6, 6.07) is 7.92. The highest BCUT2D eigenvalue weighted by atomic mass is 19.1. The van der Waals surface area contributed by atoms with Crippen molar-refractivity contribution >= 4 is 12.0 Å². The van der Waals surface area contributed by atoms with Gasteiger partial charge in [-0.15, -0.1) is 0 Å². The zero-order valence-electron chi connectivity index (χ0n) is 20.6. The molecule has 1 aromatic carbocycles. The van der Waals surface area contributed by atoms with Crippen molar-refractivity contribution in [1.29, 1.82) is 0 Å². The lowest BCUT2D eigenvalue weighted by Crippen LogP contribution is -2.58. The van der Waals surface area contributed by atoms with Crippen LogP contribution in [0, 0.1) is 5.82 Å². The number of anilines is 1. The smallest absolute Gasteiger partial charge is 0.410 e. The summed E-state index contributed by atoms with van der Waals surface area (Å²) in [5, 5.41) is 0. The van der Waals surface area contributed by atoms with Crippen LogP contribution in [0.1, 0.15) is 58.1 Å². The van der Waals surface area contributed by atoms with Gasteiger partial charge in [-0.3, -0.25) is 0 Å². The third kappa shape index (κ3) is 5.83. The van der Waals surface area contributed by atoms with Crippen LogP contribution < -0.4 is 9.64 Å². The fourth-order valence-electron chi connectivity index (χ4n) is 4.61. The number of hydrogen-bond acceptors (Lipinski definition) is 7. The Kier molecular flexibility index (Phi) is 6.29. The van der Waals surface area contributed by atoms with Gasteiger partial charge in [0.15, 0.2) is 0 Å². The van der Waals surface area contributed by atoms with E-state index >= 15 is 0 Å². The Bertz CT molecular complexity index is 1080. The molecule has 3 heterocycles. The van der Waals surface area contributed by atoms with Crippen molar-refractivity contribution in [1.82, 2.24) is 14.9 Å². The molecule has 1 saturated carbocycles. The van der Waals surface area contributed by atoms with Crippen LogP contribution in [0.5, 0.6) is 11.6 Å². The van der Waals surface area contributed by atoms with Gasteiger partial charge < -0.3 is 24.0 Å². The number of amides is 1. The highest BCUT2D eigenvalue weighted by Gasteiger charge is 2.42. The van der Waals surface area contributed by atoms with Crippen LogP contribution in [0.4, 0.5) is 15.1 Å². The summed E-state index contributed by atoms with van der Waals surface area (Å²) in [6.07, 6.45) is 3.43. The number of rotatable bonds is 4. The van der Waals surface area contributed by atoms with Crippen molar-refractivity contribution in [3.05, 3.63) is 41.8 Å². The SMILES string of the molecule is CC(C)(C)OC(=O)N1CCOC2(CCN(c3nc(Oc4cccc(F)c4)cc(C4CC4)n3)CC2)C1. The molecule has 8 nitrogen and oxygen atoms in total. The first-order valence-electron chi connectivity index (χ1n) is 12.4. The zero-order chi connectivity index (χ0) is 24.6. The summed E-state index contributed by atoms with van der Waals surface area (Å²) in [4.78, 5) is 26.0. The Morgan fingerprint density at radius 1 is 1.14 bits per heavy atom. The van der Waals surface area contributed by atoms with E-state index in [1.807, 2.05) is 26.8 Å². The van der Waals surface area contributed by atoms with Crippen LogP contribution in [0.25, 0.3) is 0 Å². The summed E-state index contributed by atoms with van der Waals surface area (Å²) in [7, 11) is 0. The molecule has 1 spiro atoms. The minimum atomic E-state index is -0.527. The Labute approximate surface area is 205 Å². The number of aromatic nitrogens is 2.